The fourth-order valence-electron chi connectivity index (χ4n) is 6.79. The minimum absolute atomic E-state index is 0.0660. The smallest absolute Gasteiger partial charge is 0.407 e. The Bertz CT molecular complexity index is 2020. The SMILES string of the molecule is CCc1c2c(nc3ccc(O)cc13)-c1cc3c(c(=O)n1C2)COC(=O)[C@@]3(CC)OC(=O)[C@H](C)NC(=O)CCNC(=O)OCC(OC(CC)CO)OC(C)(C)C. The topological polar surface area (TPSA) is 214 Å². The van der Waals surface area contributed by atoms with Gasteiger partial charge in [0.1, 0.15) is 25.0 Å². The number of aliphatic hydroxyl groups is 1. The summed E-state index contributed by atoms with van der Waals surface area (Å²) in [6, 6.07) is 5.33. The average molecular weight is 767 g/mol. The average Bonchev–Trinajstić information content (AvgIpc) is 3.50. The summed E-state index contributed by atoms with van der Waals surface area (Å²) in [4.78, 5) is 71.0. The largest absolute Gasteiger partial charge is 0.508 e. The molecule has 55 heavy (non-hydrogen) atoms. The third kappa shape index (κ3) is 8.76. The molecule has 4 N–H and O–H groups in total. The molecule has 2 aliphatic heterocycles. The van der Waals surface area contributed by atoms with E-state index in [-0.39, 0.29) is 62.6 Å². The normalized spacial score (nSPS) is 17.6. The van der Waals surface area contributed by atoms with Crippen LogP contribution in [-0.4, -0.2) is 87.5 Å². The van der Waals surface area contributed by atoms with Crippen LogP contribution in [0.2, 0.25) is 0 Å². The third-order valence-corrected chi connectivity index (χ3v) is 9.58. The van der Waals surface area contributed by atoms with Crippen molar-refractivity contribution in [2.45, 2.75) is 117 Å². The molecule has 0 spiro atoms. The van der Waals surface area contributed by atoms with E-state index in [9.17, 15) is 34.2 Å². The molecule has 4 atom stereocenters. The fourth-order valence-corrected chi connectivity index (χ4v) is 6.79. The number of hydrogen-bond acceptors (Lipinski definition) is 13. The van der Waals surface area contributed by atoms with Gasteiger partial charge < -0.3 is 49.1 Å². The van der Waals surface area contributed by atoms with Crippen molar-refractivity contribution < 1.29 is 53.1 Å². The summed E-state index contributed by atoms with van der Waals surface area (Å²) in [5, 5.41) is 25.4. The Balaban J connectivity index is 1.25. The number of nitrogens with one attached hydrogen (secondary N) is 2. The van der Waals surface area contributed by atoms with E-state index < -0.39 is 59.1 Å². The first kappa shape index (κ1) is 41.1. The zero-order valence-electron chi connectivity index (χ0n) is 32.3. The molecule has 2 aromatic heterocycles. The molecule has 0 fully saturated rings. The number of aromatic hydroxyl groups is 1. The zero-order chi connectivity index (χ0) is 40.2. The van der Waals surface area contributed by atoms with E-state index in [1.54, 1.807) is 29.7 Å². The second-order valence-corrected chi connectivity index (χ2v) is 14.5. The molecule has 2 aliphatic rings. The summed E-state index contributed by atoms with van der Waals surface area (Å²) in [5.74, 6) is -2.29. The number of nitrogens with zero attached hydrogens (tertiary/aromatic N) is 2. The van der Waals surface area contributed by atoms with Gasteiger partial charge in [-0.25, -0.2) is 19.4 Å². The molecule has 16 heteroatoms. The number of phenolic OH excluding ortho intramolecular Hbond substituents is 1. The summed E-state index contributed by atoms with van der Waals surface area (Å²) in [5.41, 5.74) is 0.756. The maximum Gasteiger partial charge on any atom is 0.407 e. The van der Waals surface area contributed by atoms with E-state index in [1.165, 1.54) is 13.0 Å². The van der Waals surface area contributed by atoms with Crippen molar-refractivity contribution in [2.24, 2.45) is 0 Å². The summed E-state index contributed by atoms with van der Waals surface area (Å²) >= 11 is 0. The number of aliphatic hydroxyl groups excluding tert-OH is 1. The van der Waals surface area contributed by atoms with Gasteiger partial charge in [-0.15, -0.1) is 0 Å². The van der Waals surface area contributed by atoms with Gasteiger partial charge in [0.15, 0.2) is 6.29 Å². The molecule has 298 valence electrons. The predicted octanol–water partition coefficient (Wildman–Crippen LogP) is 3.45. The molecule has 16 nitrogen and oxygen atoms in total. The molecule has 0 radical (unpaired) electrons. The summed E-state index contributed by atoms with van der Waals surface area (Å²) in [6.07, 6.45) is -1.43. The minimum Gasteiger partial charge on any atom is -0.508 e. The quantitative estimate of drug-likeness (QED) is 0.0777. The molecule has 1 aromatic carbocycles. The van der Waals surface area contributed by atoms with Crippen LogP contribution in [0.5, 0.6) is 5.75 Å². The Morgan fingerprint density at radius 3 is 2.51 bits per heavy atom. The van der Waals surface area contributed by atoms with E-state index in [2.05, 4.69) is 10.6 Å². The molecule has 2 unspecified atom stereocenters. The number of cyclic esters (lactones) is 1. The standard InChI is InChI=1S/C39H50N4O12/c1-8-23(18-44)53-32(54-38(5,6)7)20-52-37(50)40-14-13-31(46)41-21(4)35(48)55-39(10-3)28-16-30-33-26(17-43(30)34(47)27(28)19-51-36(39)49)24(9-2)25-15-22(45)11-12-29(25)42-33/h11-12,15-16,21,23,32,44-45H,8-10,13-14,17-20H2,1-7H3,(H,40,50)(H,41,46)/t21-,23?,32?,39-/m0/s1. The highest BCUT2D eigenvalue weighted by molar-refractivity contribution is 5.91. The molecule has 0 saturated carbocycles. The Morgan fingerprint density at radius 1 is 1.11 bits per heavy atom. The number of fused-ring (bicyclic) bond motifs is 5. The number of carbonyl (C=O) groups is 4. The second kappa shape index (κ2) is 16.8. The number of ether oxygens (including phenoxy) is 5. The number of alkyl carbamates (subject to hydrolysis) is 1. The number of carbonyl (C=O) groups excluding carboxylic acids is 4. The van der Waals surface area contributed by atoms with E-state index in [4.69, 9.17) is 28.7 Å². The van der Waals surface area contributed by atoms with Gasteiger partial charge in [-0.3, -0.25) is 9.59 Å². The Labute approximate surface area is 318 Å². The van der Waals surface area contributed by atoms with Crippen molar-refractivity contribution in [2.75, 3.05) is 19.8 Å². The highest BCUT2D eigenvalue weighted by Crippen LogP contribution is 2.42. The summed E-state index contributed by atoms with van der Waals surface area (Å²) < 4.78 is 29.6. The third-order valence-electron chi connectivity index (χ3n) is 9.58. The van der Waals surface area contributed by atoms with E-state index >= 15 is 0 Å². The lowest BCUT2D eigenvalue weighted by Gasteiger charge is -2.36. The molecule has 5 rings (SSSR count). The number of pyridine rings is 2. The molecular weight excluding hydrogens is 716 g/mol. The summed E-state index contributed by atoms with van der Waals surface area (Å²) in [7, 11) is 0. The van der Waals surface area contributed by atoms with Gasteiger partial charge in [-0.1, -0.05) is 20.8 Å². The first-order chi connectivity index (χ1) is 26.0. The van der Waals surface area contributed by atoms with Crippen LogP contribution in [0, 0.1) is 0 Å². The second-order valence-electron chi connectivity index (χ2n) is 14.5. The number of esters is 2. The van der Waals surface area contributed by atoms with Crippen LogP contribution in [0.15, 0.2) is 29.1 Å². The molecule has 3 aromatic rings. The molecule has 0 bridgehead atoms. The van der Waals surface area contributed by atoms with E-state index in [1.807, 2.05) is 34.6 Å². The molecular formula is C39H50N4O12. The van der Waals surface area contributed by atoms with Crippen molar-refractivity contribution >= 4 is 34.8 Å². The molecule has 0 saturated heterocycles. The first-order valence-electron chi connectivity index (χ1n) is 18.5. The van der Waals surface area contributed by atoms with Crippen molar-refractivity contribution in [1.29, 1.82) is 0 Å². The maximum atomic E-state index is 14.0. The van der Waals surface area contributed by atoms with Gasteiger partial charge in [0.25, 0.3) is 5.56 Å². The van der Waals surface area contributed by atoms with Crippen LogP contribution in [0.3, 0.4) is 0 Å². The predicted molar refractivity (Wildman–Crippen MR) is 198 cm³/mol. The number of benzene rings is 1. The highest BCUT2D eigenvalue weighted by atomic mass is 16.7. The number of aromatic nitrogens is 2. The molecule has 4 heterocycles. The fraction of sp³-hybridized carbons (Fsp3) is 0.538. The zero-order valence-corrected chi connectivity index (χ0v) is 32.3. The Hall–Kier alpha value is -5.06. The van der Waals surface area contributed by atoms with Crippen molar-refractivity contribution in [3.63, 3.8) is 0 Å². The highest BCUT2D eigenvalue weighted by Gasteiger charge is 2.51. The van der Waals surface area contributed by atoms with Crippen LogP contribution in [-0.2, 0) is 63.2 Å². The van der Waals surface area contributed by atoms with Crippen LogP contribution >= 0.6 is 0 Å². The van der Waals surface area contributed by atoms with E-state index in [0.29, 0.717) is 29.7 Å². The van der Waals surface area contributed by atoms with Gasteiger partial charge in [0.05, 0.1) is 47.3 Å². The number of aryl methyl sites for hydroxylation is 1. The number of amides is 2. The van der Waals surface area contributed by atoms with Gasteiger partial charge >= 0.3 is 18.0 Å². The van der Waals surface area contributed by atoms with Crippen LogP contribution in [0.4, 0.5) is 4.79 Å². The van der Waals surface area contributed by atoms with Gasteiger partial charge in [0, 0.05) is 29.5 Å². The van der Waals surface area contributed by atoms with Gasteiger partial charge in [0.2, 0.25) is 11.5 Å². The minimum atomic E-state index is -1.98. The monoisotopic (exact) mass is 766 g/mol. The lowest BCUT2D eigenvalue weighted by atomic mass is 9.85. The van der Waals surface area contributed by atoms with Crippen LogP contribution in [0.1, 0.15) is 90.0 Å². The summed E-state index contributed by atoms with van der Waals surface area (Å²) in [6.45, 7) is 11.5. The van der Waals surface area contributed by atoms with Gasteiger partial charge in [-0.05, 0) is 76.8 Å². The van der Waals surface area contributed by atoms with Crippen LogP contribution < -0.4 is 16.2 Å². The lowest BCUT2D eigenvalue weighted by molar-refractivity contribution is -0.233. The molecule has 0 aliphatic carbocycles. The Kier molecular flexibility index (Phi) is 12.5. The maximum absolute atomic E-state index is 14.0. The number of hydrogen-bond donors (Lipinski definition) is 4. The first-order valence-corrected chi connectivity index (χ1v) is 18.5. The van der Waals surface area contributed by atoms with Crippen molar-refractivity contribution in [3.8, 4) is 17.1 Å². The van der Waals surface area contributed by atoms with Crippen LogP contribution in [0.25, 0.3) is 22.3 Å². The number of rotatable bonds is 15. The lowest BCUT2D eigenvalue weighted by Crippen LogP contribution is -2.50. The van der Waals surface area contributed by atoms with Gasteiger partial charge in [-0.2, -0.15) is 0 Å². The Morgan fingerprint density at radius 2 is 1.85 bits per heavy atom. The van der Waals surface area contributed by atoms with Crippen molar-refractivity contribution in [3.05, 3.63) is 56.9 Å². The number of phenols is 1. The molecule has 2 amide bonds. The van der Waals surface area contributed by atoms with E-state index in [0.717, 1.165) is 16.5 Å². The van der Waals surface area contributed by atoms with Crippen molar-refractivity contribution in [1.82, 2.24) is 20.2 Å².